The summed E-state index contributed by atoms with van der Waals surface area (Å²) in [7, 11) is 0. The molecule has 0 saturated heterocycles. The van der Waals surface area contributed by atoms with Crippen LogP contribution in [0.25, 0.3) is 22.3 Å². The normalized spacial score (nSPS) is 10.4. The van der Waals surface area contributed by atoms with Crippen LogP contribution in [-0.2, 0) is 6.42 Å². The van der Waals surface area contributed by atoms with Crippen molar-refractivity contribution in [2.24, 2.45) is 0 Å². The lowest BCUT2D eigenvalue weighted by Crippen LogP contribution is -1.89. The molecule has 0 saturated carbocycles. The number of nitrogens with zero attached hydrogens (tertiary/aromatic N) is 1. The Morgan fingerprint density at radius 2 is 1.48 bits per heavy atom. The number of nitriles is 1. The topological polar surface area (TPSA) is 23.8 Å². The van der Waals surface area contributed by atoms with Gasteiger partial charge in [-0.15, -0.1) is 0 Å². The molecule has 0 aliphatic rings. The Balaban J connectivity index is 1.96. The van der Waals surface area contributed by atoms with Crippen molar-refractivity contribution >= 4 is 0 Å². The SMILES string of the molecule is CCCCCc1ccc(-c2cc(C#N)ccc2-c2ccccc2)cc1. The van der Waals surface area contributed by atoms with Crippen LogP contribution in [0.1, 0.15) is 37.3 Å². The van der Waals surface area contributed by atoms with Gasteiger partial charge in [-0.25, -0.2) is 0 Å². The van der Waals surface area contributed by atoms with E-state index in [1.54, 1.807) is 0 Å². The van der Waals surface area contributed by atoms with Crippen LogP contribution in [0, 0.1) is 11.3 Å². The minimum Gasteiger partial charge on any atom is -0.192 e. The molecule has 0 aliphatic heterocycles. The van der Waals surface area contributed by atoms with E-state index in [0.717, 1.165) is 17.5 Å². The first-order valence-electron chi connectivity index (χ1n) is 9.00. The average Bonchev–Trinajstić information content (AvgIpc) is 2.69. The molecule has 0 unspecified atom stereocenters. The van der Waals surface area contributed by atoms with E-state index in [-0.39, 0.29) is 0 Å². The van der Waals surface area contributed by atoms with Crippen molar-refractivity contribution in [3.8, 4) is 28.3 Å². The minimum absolute atomic E-state index is 0.696. The largest absolute Gasteiger partial charge is 0.192 e. The molecule has 0 bridgehead atoms. The molecule has 0 aliphatic carbocycles. The smallest absolute Gasteiger partial charge is 0.0991 e. The number of rotatable bonds is 6. The number of unbranched alkanes of at least 4 members (excludes halogenated alkanes) is 2. The zero-order valence-electron chi connectivity index (χ0n) is 14.7. The van der Waals surface area contributed by atoms with Crippen LogP contribution in [0.2, 0.25) is 0 Å². The predicted octanol–water partition coefficient (Wildman–Crippen LogP) is 6.62. The Morgan fingerprint density at radius 3 is 2.16 bits per heavy atom. The lowest BCUT2D eigenvalue weighted by Gasteiger charge is -2.12. The van der Waals surface area contributed by atoms with E-state index in [0.29, 0.717) is 5.56 Å². The van der Waals surface area contributed by atoms with Gasteiger partial charge in [0.15, 0.2) is 0 Å². The van der Waals surface area contributed by atoms with Gasteiger partial charge in [0.05, 0.1) is 11.6 Å². The predicted molar refractivity (Wildman–Crippen MR) is 105 cm³/mol. The van der Waals surface area contributed by atoms with Gasteiger partial charge in [-0.05, 0) is 52.8 Å². The second kappa shape index (κ2) is 8.31. The molecule has 0 radical (unpaired) electrons. The zero-order valence-corrected chi connectivity index (χ0v) is 14.7. The van der Waals surface area contributed by atoms with E-state index in [1.807, 2.05) is 30.3 Å². The Kier molecular flexibility index (Phi) is 5.65. The molecule has 0 amide bonds. The molecular formula is C24H23N. The van der Waals surface area contributed by atoms with E-state index in [9.17, 15) is 5.26 Å². The molecule has 0 spiro atoms. The summed E-state index contributed by atoms with van der Waals surface area (Å²) in [6, 6.07) is 27.4. The van der Waals surface area contributed by atoms with Gasteiger partial charge in [0, 0.05) is 0 Å². The summed E-state index contributed by atoms with van der Waals surface area (Å²) in [5.74, 6) is 0. The average molecular weight is 325 g/mol. The van der Waals surface area contributed by atoms with Crippen molar-refractivity contribution < 1.29 is 0 Å². The summed E-state index contributed by atoms with van der Waals surface area (Å²) >= 11 is 0. The Bertz CT molecular complexity index is 855. The number of benzene rings is 3. The molecule has 0 heterocycles. The van der Waals surface area contributed by atoms with Crippen molar-refractivity contribution in [2.75, 3.05) is 0 Å². The molecule has 3 aromatic carbocycles. The van der Waals surface area contributed by atoms with Gasteiger partial charge in [0.25, 0.3) is 0 Å². The molecule has 124 valence electrons. The first-order valence-corrected chi connectivity index (χ1v) is 9.00. The Hall–Kier alpha value is -2.85. The fourth-order valence-electron chi connectivity index (χ4n) is 3.15. The molecular weight excluding hydrogens is 302 g/mol. The van der Waals surface area contributed by atoms with Gasteiger partial charge in [-0.3, -0.25) is 0 Å². The van der Waals surface area contributed by atoms with Crippen LogP contribution in [0.15, 0.2) is 72.8 Å². The first kappa shape index (κ1) is 17.0. The highest BCUT2D eigenvalue weighted by molar-refractivity contribution is 5.84. The Morgan fingerprint density at radius 1 is 0.760 bits per heavy atom. The fraction of sp³-hybridized carbons (Fsp3) is 0.208. The molecule has 25 heavy (non-hydrogen) atoms. The number of hydrogen-bond acceptors (Lipinski definition) is 1. The lowest BCUT2D eigenvalue weighted by molar-refractivity contribution is 0.717. The third-order valence-electron chi connectivity index (χ3n) is 4.57. The standard InChI is InChI=1S/C24H23N/c1-2-3-5-8-19-11-14-22(15-12-19)24-17-20(18-25)13-16-23(24)21-9-6-4-7-10-21/h4,6-7,9-17H,2-3,5,8H2,1H3. The molecule has 1 heteroatoms. The van der Waals surface area contributed by atoms with Crippen molar-refractivity contribution in [3.05, 3.63) is 83.9 Å². The van der Waals surface area contributed by atoms with Gasteiger partial charge in [0.2, 0.25) is 0 Å². The second-order valence-electron chi connectivity index (χ2n) is 6.39. The highest BCUT2D eigenvalue weighted by atomic mass is 14.2. The van der Waals surface area contributed by atoms with Gasteiger partial charge < -0.3 is 0 Å². The lowest BCUT2D eigenvalue weighted by atomic mass is 9.92. The van der Waals surface area contributed by atoms with Crippen LogP contribution >= 0.6 is 0 Å². The minimum atomic E-state index is 0.696. The Labute approximate surface area is 150 Å². The van der Waals surface area contributed by atoms with E-state index < -0.39 is 0 Å². The quantitative estimate of drug-likeness (QED) is 0.467. The van der Waals surface area contributed by atoms with Crippen LogP contribution < -0.4 is 0 Å². The maximum Gasteiger partial charge on any atom is 0.0991 e. The zero-order chi connectivity index (χ0) is 17.5. The molecule has 0 atom stereocenters. The highest BCUT2D eigenvalue weighted by Gasteiger charge is 2.09. The molecule has 0 fully saturated rings. The third kappa shape index (κ3) is 4.17. The number of aryl methyl sites for hydroxylation is 1. The highest BCUT2D eigenvalue weighted by Crippen LogP contribution is 2.33. The van der Waals surface area contributed by atoms with E-state index in [1.165, 1.54) is 36.0 Å². The second-order valence-corrected chi connectivity index (χ2v) is 6.39. The van der Waals surface area contributed by atoms with Gasteiger partial charge >= 0.3 is 0 Å². The fourth-order valence-corrected chi connectivity index (χ4v) is 3.15. The first-order chi connectivity index (χ1) is 12.3. The van der Waals surface area contributed by atoms with Gasteiger partial charge in [-0.2, -0.15) is 5.26 Å². The number of hydrogen-bond donors (Lipinski definition) is 0. The third-order valence-corrected chi connectivity index (χ3v) is 4.57. The molecule has 3 rings (SSSR count). The summed E-state index contributed by atoms with van der Waals surface area (Å²) in [5.41, 5.74) is 6.70. The molecule has 3 aromatic rings. The van der Waals surface area contributed by atoms with Gasteiger partial charge in [0.1, 0.15) is 0 Å². The maximum absolute atomic E-state index is 9.28. The monoisotopic (exact) mass is 325 g/mol. The summed E-state index contributed by atoms with van der Waals surface area (Å²) in [4.78, 5) is 0. The summed E-state index contributed by atoms with van der Waals surface area (Å²) in [5, 5.41) is 9.28. The van der Waals surface area contributed by atoms with E-state index >= 15 is 0 Å². The van der Waals surface area contributed by atoms with Crippen molar-refractivity contribution in [3.63, 3.8) is 0 Å². The van der Waals surface area contributed by atoms with E-state index in [2.05, 4.69) is 55.5 Å². The van der Waals surface area contributed by atoms with Crippen LogP contribution in [-0.4, -0.2) is 0 Å². The van der Waals surface area contributed by atoms with Crippen molar-refractivity contribution in [1.29, 1.82) is 5.26 Å². The molecule has 1 nitrogen and oxygen atoms in total. The summed E-state index contributed by atoms with van der Waals surface area (Å²) in [6.45, 7) is 2.23. The van der Waals surface area contributed by atoms with Crippen LogP contribution in [0.4, 0.5) is 0 Å². The van der Waals surface area contributed by atoms with Crippen LogP contribution in [0.3, 0.4) is 0 Å². The molecule has 0 N–H and O–H groups in total. The van der Waals surface area contributed by atoms with Crippen molar-refractivity contribution in [2.45, 2.75) is 32.6 Å². The molecule has 0 aromatic heterocycles. The van der Waals surface area contributed by atoms with Gasteiger partial charge in [-0.1, -0.05) is 80.4 Å². The summed E-state index contributed by atoms with van der Waals surface area (Å²) < 4.78 is 0. The van der Waals surface area contributed by atoms with Crippen LogP contribution in [0.5, 0.6) is 0 Å². The maximum atomic E-state index is 9.28. The van der Waals surface area contributed by atoms with Crippen molar-refractivity contribution in [1.82, 2.24) is 0 Å². The van der Waals surface area contributed by atoms with E-state index in [4.69, 9.17) is 0 Å². The summed E-state index contributed by atoms with van der Waals surface area (Å²) in [6.07, 6.45) is 4.91.